The van der Waals surface area contributed by atoms with Gasteiger partial charge in [-0.05, 0) is 25.1 Å². The summed E-state index contributed by atoms with van der Waals surface area (Å²) in [4.78, 5) is 14.9. The van der Waals surface area contributed by atoms with E-state index >= 15 is 0 Å². The van der Waals surface area contributed by atoms with E-state index in [1.807, 2.05) is 0 Å². The Kier molecular flexibility index (Phi) is 4.13. The van der Waals surface area contributed by atoms with Crippen LogP contribution in [0, 0.1) is 0 Å². The molecular formula is C10H10ClNO2. The van der Waals surface area contributed by atoms with Crippen molar-refractivity contribution in [2.75, 3.05) is 6.61 Å². The van der Waals surface area contributed by atoms with E-state index < -0.39 is 0 Å². The summed E-state index contributed by atoms with van der Waals surface area (Å²) >= 11 is 5.65. The number of pyridine rings is 1. The number of carbonyl (C=O) groups excluding carboxylic acids is 1. The van der Waals surface area contributed by atoms with Crippen LogP contribution >= 0.6 is 11.6 Å². The van der Waals surface area contributed by atoms with Crippen molar-refractivity contribution in [2.24, 2.45) is 0 Å². The predicted octanol–water partition coefficient (Wildman–Crippen LogP) is 2.31. The molecule has 0 amide bonds. The third kappa shape index (κ3) is 3.58. The van der Waals surface area contributed by atoms with Gasteiger partial charge in [0.25, 0.3) is 0 Å². The molecule has 0 N–H and O–H groups in total. The molecule has 0 atom stereocenters. The zero-order chi connectivity index (χ0) is 10.4. The van der Waals surface area contributed by atoms with E-state index in [2.05, 4.69) is 4.98 Å². The van der Waals surface area contributed by atoms with Crippen molar-refractivity contribution in [1.29, 1.82) is 0 Å². The molecule has 0 bridgehead atoms. The highest BCUT2D eigenvalue weighted by Gasteiger charge is 1.94. The molecule has 0 radical (unpaired) electrons. The lowest BCUT2D eigenvalue weighted by atomic mass is 10.3. The highest BCUT2D eigenvalue weighted by Crippen LogP contribution is 2.06. The molecule has 0 aliphatic heterocycles. The van der Waals surface area contributed by atoms with Gasteiger partial charge in [0.1, 0.15) is 0 Å². The first kappa shape index (κ1) is 10.7. The predicted molar refractivity (Wildman–Crippen MR) is 54.9 cm³/mol. The van der Waals surface area contributed by atoms with Crippen LogP contribution in [0.15, 0.2) is 24.4 Å². The lowest BCUT2D eigenvalue weighted by Crippen LogP contribution is -1.98. The molecule has 0 unspecified atom stereocenters. The van der Waals surface area contributed by atoms with Crippen LogP contribution in [0.1, 0.15) is 12.6 Å². The van der Waals surface area contributed by atoms with Crippen LogP contribution in [0.4, 0.5) is 0 Å². The molecule has 0 aromatic carbocycles. The lowest BCUT2D eigenvalue weighted by molar-refractivity contribution is -0.137. The molecule has 1 rings (SSSR count). The quantitative estimate of drug-likeness (QED) is 0.569. The van der Waals surface area contributed by atoms with Crippen LogP contribution in [0.5, 0.6) is 0 Å². The second-order valence-corrected chi connectivity index (χ2v) is 2.92. The molecule has 0 saturated heterocycles. The molecule has 14 heavy (non-hydrogen) atoms. The number of carbonyl (C=O) groups is 1. The minimum Gasteiger partial charge on any atom is -0.463 e. The Morgan fingerprint density at radius 1 is 1.64 bits per heavy atom. The maximum Gasteiger partial charge on any atom is 0.330 e. The van der Waals surface area contributed by atoms with Crippen molar-refractivity contribution in [3.8, 4) is 0 Å². The highest BCUT2D eigenvalue weighted by molar-refractivity contribution is 6.30. The van der Waals surface area contributed by atoms with E-state index in [0.29, 0.717) is 17.3 Å². The minimum atomic E-state index is -0.371. The second-order valence-electron chi connectivity index (χ2n) is 2.49. The standard InChI is InChI=1S/C10H10ClNO2/c1-2-14-10(13)6-5-9-4-3-8(11)7-12-9/h3-7H,2H2,1H3/b6-5+. The van der Waals surface area contributed by atoms with E-state index in [1.165, 1.54) is 12.3 Å². The van der Waals surface area contributed by atoms with Gasteiger partial charge in [-0.2, -0.15) is 0 Å². The monoisotopic (exact) mass is 211 g/mol. The van der Waals surface area contributed by atoms with E-state index in [-0.39, 0.29) is 5.97 Å². The molecule has 1 heterocycles. The Bertz CT molecular complexity index is 332. The third-order valence-electron chi connectivity index (χ3n) is 1.43. The van der Waals surface area contributed by atoms with E-state index in [0.717, 1.165) is 0 Å². The summed E-state index contributed by atoms with van der Waals surface area (Å²) in [6, 6.07) is 3.43. The average Bonchev–Trinajstić information content (AvgIpc) is 2.17. The van der Waals surface area contributed by atoms with Gasteiger partial charge in [0, 0.05) is 12.3 Å². The molecule has 0 saturated carbocycles. The summed E-state index contributed by atoms with van der Waals surface area (Å²) in [6.07, 6.45) is 4.43. The Morgan fingerprint density at radius 2 is 2.43 bits per heavy atom. The highest BCUT2D eigenvalue weighted by atomic mass is 35.5. The average molecular weight is 212 g/mol. The smallest absolute Gasteiger partial charge is 0.330 e. The van der Waals surface area contributed by atoms with Gasteiger partial charge < -0.3 is 4.74 Å². The van der Waals surface area contributed by atoms with Crippen LogP contribution in [0.25, 0.3) is 6.08 Å². The van der Waals surface area contributed by atoms with Gasteiger partial charge in [0.15, 0.2) is 0 Å². The van der Waals surface area contributed by atoms with Crippen molar-refractivity contribution in [3.05, 3.63) is 35.1 Å². The lowest BCUT2D eigenvalue weighted by Gasteiger charge is -1.95. The first-order valence-electron chi connectivity index (χ1n) is 4.18. The van der Waals surface area contributed by atoms with Crippen LogP contribution < -0.4 is 0 Å². The van der Waals surface area contributed by atoms with Crippen molar-refractivity contribution >= 4 is 23.6 Å². The van der Waals surface area contributed by atoms with E-state index in [9.17, 15) is 4.79 Å². The summed E-state index contributed by atoms with van der Waals surface area (Å²) in [6.45, 7) is 2.13. The summed E-state index contributed by atoms with van der Waals surface area (Å²) in [5, 5.41) is 0.568. The van der Waals surface area contributed by atoms with Gasteiger partial charge in [-0.15, -0.1) is 0 Å². The first-order valence-corrected chi connectivity index (χ1v) is 4.56. The summed E-state index contributed by atoms with van der Waals surface area (Å²) in [5.41, 5.74) is 0.669. The molecule has 4 heteroatoms. The third-order valence-corrected chi connectivity index (χ3v) is 1.65. The molecule has 0 aliphatic carbocycles. The molecule has 1 aromatic heterocycles. The van der Waals surface area contributed by atoms with Crippen molar-refractivity contribution < 1.29 is 9.53 Å². The SMILES string of the molecule is CCOC(=O)/C=C/c1ccc(Cl)cn1. The molecule has 0 spiro atoms. The number of ether oxygens (including phenoxy) is 1. The molecule has 3 nitrogen and oxygen atoms in total. The Hall–Kier alpha value is -1.35. The van der Waals surface area contributed by atoms with Gasteiger partial charge >= 0.3 is 5.97 Å². The number of halogens is 1. The fraction of sp³-hybridized carbons (Fsp3) is 0.200. The van der Waals surface area contributed by atoms with Crippen molar-refractivity contribution in [3.63, 3.8) is 0 Å². The Balaban J connectivity index is 2.60. The number of hydrogen-bond donors (Lipinski definition) is 0. The molecule has 0 fully saturated rings. The summed E-state index contributed by atoms with van der Waals surface area (Å²) in [7, 11) is 0. The fourth-order valence-electron chi connectivity index (χ4n) is 0.830. The summed E-state index contributed by atoms with van der Waals surface area (Å²) in [5.74, 6) is -0.371. The van der Waals surface area contributed by atoms with E-state index in [1.54, 1.807) is 25.1 Å². The molecule has 1 aromatic rings. The van der Waals surface area contributed by atoms with Gasteiger partial charge in [0.05, 0.1) is 17.3 Å². The number of nitrogens with zero attached hydrogens (tertiary/aromatic N) is 1. The van der Waals surface area contributed by atoms with Crippen LogP contribution in [0.2, 0.25) is 5.02 Å². The number of esters is 1. The number of rotatable bonds is 3. The van der Waals surface area contributed by atoms with Gasteiger partial charge in [-0.25, -0.2) is 4.79 Å². The fourth-order valence-corrected chi connectivity index (χ4v) is 0.941. The van der Waals surface area contributed by atoms with Crippen LogP contribution in [0.3, 0.4) is 0 Å². The zero-order valence-electron chi connectivity index (χ0n) is 7.74. The Labute approximate surface area is 87.4 Å². The minimum absolute atomic E-state index is 0.371. The van der Waals surface area contributed by atoms with Gasteiger partial charge in [-0.1, -0.05) is 11.6 Å². The number of hydrogen-bond acceptors (Lipinski definition) is 3. The van der Waals surface area contributed by atoms with Gasteiger partial charge in [0.2, 0.25) is 0 Å². The summed E-state index contributed by atoms with van der Waals surface area (Å²) < 4.78 is 4.71. The normalized spacial score (nSPS) is 10.4. The maximum absolute atomic E-state index is 10.9. The van der Waals surface area contributed by atoms with Gasteiger partial charge in [-0.3, -0.25) is 4.98 Å². The van der Waals surface area contributed by atoms with Crippen molar-refractivity contribution in [1.82, 2.24) is 4.98 Å². The number of aromatic nitrogens is 1. The molecule has 0 aliphatic rings. The second kappa shape index (κ2) is 5.40. The van der Waals surface area contributed by atoms with E-state index in [4.69, 9.17) is 16.3 Å². The van der Waals surface area contributed by atoms with Crippen LogP contribution in [-0.4, -0.2) is 17.6 Å². The van der Waals surface area contributed by atoms with Crippen molar-refractivity contribution in [2.45, 2.75) is 6.92 Å². The largest absolute Gasteiger partial charge is 0.463 e. The zero-order valence-corrected chi connectivity index (χ0v) is 8.49. The van der Waals surface area contributed by atoms with Crippen LogP contribution in [-0.2, 0) is 9.53 Å². The maximum atomic E-state index is 10.9. The molecular weight excluding hydrogens is 202 g/mol. The Morgan fingerprint density at radius 3 is 3.00 bits per heavy atom. The topological polar surface area (TPSA) is 39.2 Å². The molecule has 74 valence electrons. The first-order chi connectivity index (χ1) is 6.72.